The van der Waals surface area contributed by atoms with Gasteiger partial charge >= 0.3 is 12.1 Å². The predicted octanol–water partition coefficient (Wildman–Crippen LogP) is 2.18. The van der Waals surface area contributed by atoms with Gasteiger partial charge in [-0.25, -0.2) is 8.42 Å². The summed E-state index contributed by atoms with van der Waals surface area (Å²) >= 11 is 0. The topological polar surface area (TPSA) is 83.5 Å². The third-order valence-electron chi connectivity index (χ3n) is 2.85. The Morgan fingerprint density at radius 2 is 1.73 bits per heavy atom. The first-order valence-electron chi connectivity index (χ1n) is 6.33. The number of sulfonamides is 1. The fourth-order valence-electron chi connectivity index (χ4n) is 1.72. The SMILES string of the molecule is CC(C)[C@H](NS(=O)(=O)c1ccc(CC(F)(F)F)cc1)C(=O)O. The average Bonchev–Trinajstić information content (AvgIpc) is 2.34. The summed E-state index contributed by atoms with van der Waals surface area (Å²) in [4.78, 5) is 10.7. The van der Waals surface area contributed by atoms with Gasteiger partial charge in [0.1, 0.15) is 6.04 Å². The number of carboxylic acid groups (broad SMARTS) is 1. The van der Waals surface area contributed by atoms with E-state index in [-0.39, 0.29) is 10.5 Å². The van der Waals surface area contributed by atoms with E-state index in [1.165, 1.54) is 13.8 Å². The van der Waals surface area contributed by atoms with E-state index in [2.05, 4.69) is 0 Å². The van der Waals surface area contributed by atoms with Crippen molar-refractivity contribution < 1.29 is 31.5 Å². The summed E-state index contributed by atoms with van der Waals surface area (Å²) in [5.41, 5.74) is -0.0786. The Bertz CT molecular complexity index is 624. The summed E-state index contributed by atoms with van der Waals surface area (Å²) in [6, 6.07) is 2.81. The van der Waals surface area contributed by atoms with Gasteiger partial charge in [0.25, 0.3) is 0 Å². The number of halogens is 3. The number of benzene rings is 1. The molecule has 124 valence electrons. The predicted molar refractivity (Wildman–Crippen MR) is 72.8 cm³/mol. The van der Waals surface area contributed by atoms with Crippen LogP contribution in [-0.4, -0.2) is 31.7 Å². The molecule has 1 aromatic rings. The van der Waals surface area contributed by atoms with Crippen molar-refractivity contribution in [3.05, 3.63) is 29.8 Å². The molecule has 1 rings (SSSR count). The van der Waals surface area contributed by atoms with Crippen LogP contribution in [0.15, 0.2) is 29.2 Å². The number of aliphatic carboxylic acids is 1. The van der Waals surface area contributed by atoms with Gasteiger partial charge in [0.15, 0.2) is 0 Å². The van der Waals surface area contributed by atoms with Gasteiger partial charge in [0.2, 0.25) is 10.0 Å². The van der Waals surface area contributed by atoms with Crippen molar-refractivity contribution in [3.63, 3.8) is 0 Å². The van der Waals surface area contributed by atoms with E-state index in [9.17, 15) is 26.4 Å². The number of hydrogen-bond donors (Lipinski definition) is 2. The lowest BCUT2D eigenvalue weighted by Gasteiger charge is -2.18. The van der Waals surface area contributed by atoms with Crippen LogP contribution in [0.5, 0.6) is 0 Å². The van der Waals surface area contributed by atoms with Crippen molar-refractivity contribution in [1.82, 2.24) is 4.72 Å². The summed E-state index contributed by atoms with van der Waals surface area (Å²) < 4.78 is 62.8. The Morgan fingerprint density at radius 1 is 1.23 bits per heavy atom. The number of hydrogen-bond acceptors (Lipinski definition) is 3. The first-order valence-corrected chi connectivity index (χ1v) is 7.81. The maximum atomic E-state index is 12.2. The van der Waals surface area contributed by atoms with Gasteiger partial charge in [0.05, 0.1) is 11.3 Å². The van der Waals surface area contributed by atoms with E-state index in [4.69, 9.17) is 5.11 Å². The molecule has 5 nitrogen and oxygen atoms in total. The fourth-order valence-corrected chi connectivity index (χ4v) is 3.06. The highest BCUT2D eigenvalue weighted by atomic mass is 32.2. The third kappa shape index (κ3) is 5.30. The minimum atomic E-state index is -4.38. The molecule has 0 bridgehead atoms. The fraction of sp³-hybridized carbons (Fsp3) is 0.462. The molecule has 1 atom stereocenters. The van der Waals surface area contributed by atoms with Crippen molar-refractivity contribution in [2.45, 2.75) is 37.4 Å². The van der Waals surface area contributed by atoms with Gasteiger partial charge in [-0.15, -0.1) is 0 Å². The van der Waals surface area contributed by atoms with E-state index in [0.717, 1.165) is 24.3 Å². The molecule has 0 aliphatic carbocycles. The van der Waals surface area contributed by atoms with Gasteiger partial charge in [0, 0.05) is 0 Å². The molecule has 0 saturated carbocycles. The minimum Gasteiger partial charge on any atom is -0.480 e. The molecular weight excluding hydrogens is 323 g/mol. The van der Waals surface area contributed by atoms with Gasteiger partial charge < -0.3 is 5.11 Å². The molecule has 0 saturated heterocycles. The molecular formula is C13H16F3NO4S. The van der Waals surface area contributed by atoms with Gasteiger partial charge in [-0.05, 0) is 23.6 Å². The van der Waals surface area contributed by atoms with Crippen LogP contribution in [-0.2, 0) is 21.2 Å². The molecule has 0 radical (unpaired) electrons. The molecule has 1 aromatic carbocycles. The molecule has 0 spiro atoms. The zero-order chi connectivity index (χ0) is 17.1. The largest absolute Gasteiger partial charge is 0.480 e. The number of alkyl halides is 3. The van der Waals surface area contributed by atoms with E-state index in [1.54, 1.807) is 0 Å². The van der Waals surface area contributed by atoms with Gasteiger partial charge in [-0.2, -0.15) is 17.9 Å². The molecule has 0 heterocycles. The lowest BCUT2D eigenvalue weighted by molar-refractivity contribution is -0.140. The van der Waals surface area contributed by atoms with Crippen LogP contribution in [0.25, 0.3) is 0 Å². The zero-order valence-electron chi connectivity index (χ0n) is 11.9. The highest BCUT2D eigenvalue weighted by molar-refractivity contribution is 7.89. The van der Waals surface area contributed by atoms with Crippen LogP contribution in [0, 0.1) is 5.92 Å². The number of carboxylic acids is 1. The Balaban J connectivity index is 2.96. The summed E-state index contributed by atoms with van der Waals surface area (Å²) in [5, 5.41) is 8.97. The lowest BCUT2D eigenvalue weighted by Crippen LogP contribution is -2.44. The van der Waals surface area contributed by atoms with Crippen molar-refractivity contribution in [2.75, 3.05) is 0 Å². The number of rotatable bonds is 6. The highest BCUT2D eigenvalue weighted by Gasteiger charge is 2.29. The second-order valence-corrected chi connectivity index (χ2v) is 6.83. The van der Waals surface area contributed by atoms with Crippen molar-refractivity contribution >= 4 is 16.0 Å². The number of carbonyl (C=O) groups is 1. The van der Waals surface area contributed by atoms with E-state index < -0.39 is 40.5 Å². The molecule has 9 heteroatoms. The van der Waals surface area contributed by atoms with Crippen LogP contribution in [0.2, 0.25) is 0 Å². The molecule has 2 N–H and O–H groups in total. The molecule has 0 unspecified atom stereocenters. The summed E-state index contributed by atoms with van der Waals surface area (Å²) in [5.74, 6) is -1.82. The Kier molecular flexibility index (Phi) is 5.58. The second kappa shape index (κ2) is 6.66. The Hall–Kier alpha value is -1.61. The normalized spacial score (nSPS) is 14.1. The van der Waals surface area contributed by atoms with Crippen LogP contribution in [0.4, 0.5) is 13.2 Å². The summed E-state index contributed by atoms with van der Waals surface area (Å²) in [6.07, 6.45) is -5.55. The first kappa shape index (κ1) is 18.4. The first-order chi connectivity index (χ1) is 9.92. The van der Waals surface area contributed by atoms with E-state index in [0.29, 0.717) is 0 Å². The lowest BCUT2D eigenvalue weighted by atomic mass is 10.1. The van der Waals surface area contributed by atoms with Crippen LogP contribution in [0.1, 0.15) is 19.4 Å². The maximum Gasteiger partial charge on any atom is 0.393 e. The summed E-state index contributed by atoms with van der Waals surface area (Å²) in [7, 11) is -4.12. The van der Waals surface area contributed by atoms with E-state index >= 15 is 0 Å². The molecule has 0 aliphatic rings. The van der Waals surface area contributed by atoms with E-state index in [1.807, 2.05) is 4.72 Å². The highest BCUT2D eigenvalue weighted by Crippen LogP contribution is 2.22. The quantitative estimate of drug-likeness (QED) is 0.832. The Labute approximate surface area is 126 Å². The molecule has 0 amide bonds. The third-order valence-corrected chi connectivity index (χ3v) is 4.31. The Morgan fingerprint density at radius 3 is 2.09 bits per heavy atom. The van der Waals surface area contributed by atoms with Crippen molar-refractivity contribution in [2.24, 2.45) is 5.92 Å². The monoisotopic (exact) mass is 339 g/mol. The molecule has 0 fully saturated rings. The van der Waals surface area contributed by atoms with Crippen molar-refractivity contribution in [3.8, 4) is 0 Å². The zero-order valence-corrected chi connectivity index (χ0v) is 12.7. The molecule has 0 aromatic heterocycles. The number of nitrogens with one attached hydrogen (secondary N) is 1. The van der Waals surface area contributed by atoms with Gasteiger partial charge in [-0.3, -0.25) is 4.79 Å². The van der Waals surface area contributed by atoms with Crippen LogP contribution < -0.4 is 4.72 Å². The minimum absolute atomic E-state index is 0.0786. The summed E-state index contributed by atoms with van der Waals surface area (Å²) in [6.45, 7) is 3.07. The maximum absolute atomic E-state index is 12.2. The standard InChI is InChI=1S/C13H16F3NO4S/c1-8(2)11(12(18)19)17-22(20,21)10-5-3-9(4-6-10)7-13(14,15)16/h3-6,8,11,17H,7H2,1-2H3,(H,18,19)/t11-/m0/s1. The van der Waals surface area contributed by atoms with Crippen LogP contribution in [0.3, 0.4) is 0 Å². The molecule has 22 heavy (non-hydrogen) atoms. The second-order valence-electron chi connectivity index (χ2n) is 5.12. The van der Waals surface area contributed by atoms with Crippen molar-refractivity contribution in [1.29, 1.82) is 0 Å². The molecule has 0 aliphatic heterocycles. The van der Waals surface area contributed by atoms with Gasteiger partial charge in [-0.1, -0.05) is 26.0 Å². The average molecular weight is 339 g/mol. The smallest absolute Gasteiger partial charge is 0.393 e. The van der Waals surface area contributed by atoms with Crippen LogP contribution >= 0.6 is 0 Å².